The molecule has 0 saturated carbocycles. The number of hydrogen-bond donors (Lipinski definition) is 1. The molecule has 0 radical (unpaired) electrons. The van der Waals surface area contributed by atoms with Gasteiger partial charge in [-0.15, -0.1) is 5.10 Å². The second-order valence-electron chi connectivity index (χ2n) is 5.01. The molecule has 1 aliphatic carbocycles. The fourth-order valence-corrected chi connectivity index (χ4v) is 3.74. The van der Waals surface area contributed by atoms with E-state index in [4.69, 9.17) is 9.40 Å². The Bertz CT molecular complexity index is 737. The molecule has 21 heavy (non-hydrogen) atoms. The Labute approximate surface area is 125 Å². The molecule has 7 heteroatoms. The van der Waals surface area contributed by atoms with E-state index in [1.165, 1.54) is 23.4 Å². The first-order valence-electron chi connectivity index (χ1n) is 6.95. The number of nitrogens with zero attached hydrogens (tertiary/aromatic N) is 4. The average molecular weight is 302 g/mol. The van der Waals surface area contributed by atoms with Crippen molar-refractivity contribution in [3.05, 3.63) is 34.7 Å². The topological polar surface area (TPSA) is 77.0 Å². The van der Waals surface area contributed by atoms with Crippen LogP contribution < -0.4 is 0 Å². The Morgan fingerprint density at radius 2 is 2.24 bits per heavy atom. The normalized spacial score (nSPS) is 14.3. The molecule has 3 aromatic heterocycles. The van der Waals surface area contributed by atoms with Crippen LogP contribution in [0.1, 0.15) is 29.1 Å². The van der Waals surface area contributed by atoms with Crippen molar-refractivity contribution in [2.45, 2.75) is 32.3 Å². The third kappa shape index (κ3) is 2.09. The summed E-state index contributed by atoms with van der Waals surface area (Å²) in [5, 5.41) is 18.5. The highest BCUT2D eigenvalue weighted by Crippen LogP contribution is 2.32. The van der Waals surface area contributed by atoms with Gasteiger partial charge in [0.25, 0.3) is 0 Å². The lowest BCUT2D eigenvalue weighted by Crippen LogP contribution is -2.01. The third-order valence-electron chi connectivity index (χ3n) is 3.66. The molecule has 1 aliphatic rings. The smallest absolute Gasteiger partial charge is 0.212 e. The lowest BCUT2D eigenvalue weighted by Gasteiger charge is -2.06. The molecular formula is C14H14N4O2S. The van der Waals surface area contributed by atoms with Crippen LogP contribution in [0.4, 0.5) is 0 Å². The van der Waals surface area contributed by atoms with E-state index in [0.29, 0.717) is 17.1 Å². The zero-order chi connectivity index (χ0) is 14.2. The number of thiazole rings is 1. The van der Waals surface area contributed by atoms with E-state index >= 15 is 0 Å². The van der Waals surface area contributed by atoms with Gasteiger partial charge in [-0.05, 0) is 37.8 Å². The Hall–Kier alpha value is -1.99. The third-order valence-corrected chi connectivity index (χ3v) is 4.79. The molecule has 6 nitrogen and oxygen atoms in total. The number of furan rings is 1. The Morgan fingerprint density at radius 1 is 1.33 bits per heavy atom. The number of aliphatic hydroxyl groups excluding tert-OH is 1. The molecule has 0 fully saturated rings. The lowest BCUT2D eigenvalue weighted by molar-refractivity contribution is 0.277. The van der Waals surface area contributed by atoms with E-state index in [-0.39, 0.29) is 6.61 Å². The molecule has 0 atom stereocenters. The van der Waals surface area contributed by atoms with Gasteiger partial charge in [0.2, 0.25) is 5.13 Å². The number of hydrogen-bond acceptors (Lipinski definition) is 6. The van der Waals surface area contributed by atoms with Crippen LogP contribution in [0.5, 0.6) is 0 Å². The summed E-state index contributed by atoms with van der Waals surface area (Å²) in [6, 6.07) is 3.64. The summed E-state index contributed by atoms with van der Waals surface area (Å²) in [5.41, 5.74) is 2.35. The van der Waals surface area contributed by atoms with E-state index in [9.17, 15) is 5.11 Å². The van der Waals surface area contributed by atoms with Gasteiger partial charge >= 0.3 is 0 Å². The van der Waals surface area contributed by atoms with Crippen LogP contribution in [0.25, 0.3) is 16.6 Å². The summed E-state index contributed by atoms with van der Waals surface area (Å²) in [4.78, 5) is 6.03. The zero-order valence-corrected chi connectivity index (χ0v) is 12.1. The summed E-state index contributed by atoms with van der Waals surface area (Å²) in [7, 11) is 0. The van der Waals surface area contributed by atoms with Crippen molar-refractivity contribution in [2.24, 2.45) is 0 Å². The molecule has 0 aliphatic heterocycles. The number of aliphatic hydroxyl groups is 1. The van der Waals surface area contributed by atoms with E-state index < -0.39 is 0 Å². The van der Waals surface area contributed by atoms with Crippen molar-refractivity contribution in [1.29, 1.82) is 0 Å². The second-order valence-corrected chi connectivity index (χ2v) is 6.07. The van der Waals surface area contributed by atoms with Gasteiger partial charge in [0.05, 0.1) is 18.6 Å². The highest BCUT2D eigenvalue weighted by atomic mass is 32.1. The minimum absolute atomic E-state index is 0.179. The summed E-state index contributed by atoms with van der Waals surface area (Å²) < 4.78 is 7.12. The fraction of sp³-hybridized carbons (Fsp3) is 0.357. The molecule has 4 rings (SSSR count). The van der Waals surface area contributed by atoms with Crippen molar-refractivity contribution < 1.29 is 9.52 Å². The Balaban J connectivity index is 1.85. The van der Waals surface area contributed by atoms with Crippen LogP contribution in [-0.4, -0.2) is 25.1 Å². The first-order chi connectivity index (χ1) is 10.4. The van der Waals surface area contributed by atoms with E-state index in [2.05, 4.69) is 10.3 Å². The Kier molecular flexibility index (Phi) is 3.08. The molecule has 0 amide bonds. The molecule has 3 heterocycles. The quantitative estimate of drug-likeness (QED) is 0.803. The van der Waals surface area contributed by atoms with E-state index in [0.717, 1.165) is 18.0 Å². The highest BCUT2D eigenvalue weighted by molar-refractivity contribution is 7.14. The molecular weight excluding hydrogens is 288 g/mol. The molecule has 0 unspecified atom stereocenters. The number of aromatic nitrogens is 4. The van der Waals surface area contributed by atoms with E-state index in [1.54, 1.807) is 28.3 Å². The predicted octanol–water partition coefficient (Wildman–Crippen LogP) is 2.35. The van der Waals surface area contributed by atoms with Crippen molar-refractivity contribution in [3.63, 3.8) is 0 Å². The standard InChI is InChI=1S/C14H14N4O2S/c19-8-10-13(11-5-3-7-20-11)18(17-16-10)14-15-9-4-1-2-6-12(9)21-14/h3,5,7,19H,1-2,4,6,8H2. The van der Waals surface area contributed by atoms with Crippen molar-refractivity contribution >= 4 is 11.3 Å². The molecule has 3 aromatic rings. The van der Waals surface area contributed by atoms with Gasteiger partial charge in [-0.25, -0.2) is 4.98 Å². The van der Waals surface area contributed by atoms with Gasteiger partial charge < -0.3 is 9.52 Å². The van der Waals surface area contributed by atoms with Gasteiger partial charge in [0.1, 0.15) is 11.4 Å². The summed E-state index contributed by atoms with van der Waals surface area (Å²) in [6.07, 6.45) is 6.13. The summed E-state index contributed by atoms with van der Waals surface area (Å²) in [5.74, 6) is 0.636. The van der Waals surface area contributed by atoms with Gasteiger partial charge in [0.15, 0.2) is 5.76 Å². The molecule has 0 aromatic carbocycles. The Morgan fingerprint density at radius 3 is 3.00 bits per heavy atom. The second kappa shape index (κ2) is 5.09. The minimum atomic E-state index is -0.179. The van der Waals surface area contributed by atoms with Crippen LogP contribution in [0.15, 0.2) is 22.8 Å². The predicted molar refractivity (Wildman–Crippen MR) is 77.3 cm³/mol. The number of rotatable bonds is 3. The molecule has 1 N–H and O–H groups in total. The monoisotopic (exact) mass is 302 g/mol. The van der Waals surface area contributed by atoms with Crippen molar-refractivity contribution in [2.75, 3.05) is 0 Å². The molecule has 0 spiro atoms. The minimum Gasteiger partial charge on any atom is -0.463 e. The van der Waals surface area contributed by atoms with Gasteiger partial charge in [-0.1, -0.05) is 16.6 Å². The molecule has 0 saturated heterocycles. The molecule has 108 valence electrons. The number of aryl methyl sites for hydroxylation is 2. The average Bonchev–Trinajstić information content (AvgIpc) is 3.23. The van der Waals surface area contributed by atoms with Crippen LogP contribution in [0, 0.1) is 0 Å². The van der Waals surface area contributed by atoms with Gasteiger partial charge in [-0.3, -0.25) is 0 Å². The van der Waals surface area contributed by atoms with Gasteiger partial charge in [-0.2, -0.15) is 4.68 Å². The van der Waals surface area contributed by atoms with Crippen LogP contribution in [0.2, 0.25) is 0 Å². The summed E-state index contributed by atoms with van der Waals surface area (Å²) in [6.45, 7) is -0.179. The van der Waals surface area contributed by atoms with Crippen LogP contribution >= 0.6 is 11.3 Å². The van der Waals surface area contributed by atoms with Crippen LogP contribution in [-0.2, 0) is 19.4 Å². The maximum absolute atomic E-state index is 9.47. The maximum atomic E-state index is 9.47. The van der Waals surface area contributed by atoms with E-state index in [1.807, 2.05) is 6.07 Å². The maximum Gasteiger partial charge on any atom is 0.212 e. The highest BCUT2D eigenvalue weighted by Gasteiger charge is 2.22. The first-order valence-corrected chi connectivity index (χ1v) is 7.76. The molecule has 0 bridgehead atoms. The van der Waals surface area contributed by atoms with Crippen LogP contribution in [0.3, 0.4) is 0 Å². The summed E-state index contributed by atoms with van der Waals surface area (Å²) >= 11 is 1.65. The van der Waals surface area contributed by atoms with Gasteiger partial charge in [0, 0.05) is 4.88 Å². The lowest BCUT2D eigenvalue weighted by atomic mass is 10.0. The largest absolute Gasteiger partial charge is 0.463 e. The van der Waals surface area contributed by atoms with Crippen molar-refractivity contribution in [1.82, 2.24) is 20.0 Å². The first kappa shape index (κ1) is 12.7. The SMILES string of the molecule is OCc1nnn(-c2nc3c(s2)CCCC3)c1-c1ccco1. The zero-order valence-electron chi connectivity index (χ0n) is 11.3. The fourth-order valence-electron chi connectivity index (χ4n) is 2.64. The van der Waals surface area contributed by atoms with Crippen molar-refractivity contribution in [3.8, 4) is 16.6 Å². The number of fused-ring (bicyclic) bond motifs is 1.